The van der Waals surface area contributed by atoms with Gasteiger partial charge in [0.25, 0.3) is 5.91 Å². The molecule has 0 aliphatic rings. The molecule has 0 saturated carbocycles. The van der Waals surface area contributed by atoms with Gasteiger partial charge in [0.05, 0.1) is 10.9 Å². The molecule has 0 bridgehead atoms. The van der Waals surface area contributed by atoms with E-state index in [2.05, 4.69) is 10.0 Å². The standard InChI is InChI=1S/C22H22N2O3S/c1-2-23-28(26,27)20-15-13-19(14-16-20)22(25)24-21(17-9-5-3-6-10-17)18-11-7-4-8-12-18/h3-16,21,23H,2H2,1H3,(H,24,25). The molecular weight excluding hydrogens is 372 g/mol. The van der Waals surface area contributed by atoms with Gasteiger partial charge in [-0.1, -0.05) is 67.6 Å². The number of nitrogens with one attached hydrogen (secondary N) is 2. The van der Waals surface area contributed by atoms with Crippen LogP contribution in [0.15, 0.2) is 89.8 Å². The summed E-state index contributed by atoms with van der Waals surface area (Å²) in [5.74, 6) is -0.273. The lowest BCUT2D eigenvalue weighted by Gasteiger charge is -2.20. The lowest BCUT2D eigenvalue weighted by Crippen LogP contribution is -2.29. The van der Waals surface area contributed by atoms with Crippen molar-refractivity contribution in [2.45, 2.75) is 17.9 Å². The van der Waals surface area contributed by atoms with Crippen molar-refractivity contribution in [3.63, 3.8) is 0 Å². The van der Waals surface area contributed by atoms with Crippen LogP contribution in [0.2, 0.25) is 0 Å². The molecule has 3 aromatic rings. The molecule has 0 aliphatic carbocycles. The fourth-order valence-electron chi connectivity index (χ4n) is 2.92. The van der Waals surface area contributed by atoms with E-state index in [1.807, 2.05) is 60.7 Å². The summed E-state index contributed by atoms with van der Waals surface area (Å²) in [7, 11) is -3.54. The second-order valence-corrected chi connectivity index (χ2v) is 8.02. The third-order valence-electron chi connectivity index (χ3n) is 4.30. The molecule has 1 amide bonds. The van der Waals surface area contributed by atoms with Gasteiger partial charge in [0.1, 0.15) is 0 Å². The average Bonchev–Trinajstić information content (AvgIpc) is 2.73. The molecule has 0 aliphatic heterocycles. The molecule has 28 heavy (non-hydrogen) atoms. The van der Waals surface area contributed by atoms with Gasteiger partial charge >= 0.3 is 0 Å². The van der Waals surface area contributed by atoms with E-state index in [4.69, 9.17) is 0 Å². The maximum absolute atomic E-state index is 12.8. The zero-order chi connectivity index (χ0) is 20.0. The Balaban J connectivity index is 1.85. The van der Waals surface area contributed by atoms with E-state index >= 15 is 0 Å². The van der Waals surface area contributed by atoms with Crippen molar-refractivity contribution in [3.8, 4) is 0 Å². The number of hydrogen-bond donors (Lipinski definition) is 2. The van der Waals surface area contributed by atoms with Crippen molar-refractivity contribution in [1.29, 1.82) is 0 Å². The Hall–Kier alpha value is -2.96. The van der Waals surface area contributed by atoms with Gasteiger partial charge in [-0.3, -0.25) is 4.79 Å². The first-order valence-electron chi connectivity index (χ1n) is 9.02. The number of amides is 1. The molecule has 3 aromatic carbocycles. The van der Waals surface area contributed by atoms with E-state index < -0.39 is 10.0 Å². The van der Waals surface area contributed by atoms with Crippen LogP contribution in [0, 0.1) is 0 Å². The minimum atomic E-state index is -3.54. The molecule has 0 atom stereocenters. The van der Waals surface area contributed by atoms with Crippen LogP contribution in [0.4, 0.5) is 0 Å². The molecule has 0 aromatic heterocycles. The summed E-state index contributed by atoms with van der Waals surface area (Å²) >= 11 is 0. The van der Waals surface area contributed by atoms with E-state index in [1.165, 1.54) is 24.3 Å². The second kappa shape index (κ2) is 8.82. The first kappa shape index (κ1) is 19.8. The number of benzene rings is 3. The molecule has 0 heterocycles. The quantitative estimate of drug-likeness (QED) is 0.644. The van der Waals surface area contributed by atoms with Crippen LogP contribution in [0.25, 0.3) is 0 Å². The predicted molar refractivity (Wildman–Crippen MR) is 109 cm³/mol. The molecule has 0 fully saturated rings. The number of carbonyl (C=O) groups is 1. The minimum Gasteiger partial charge on any atom is -0.341 e. The summed E-state index contributed by atoms with van der Waals surface area (Å²) in [5, 5.41) is 3.05. The van der Waals surface area contributed by atoms with E-state index in [9.17, 15) is 13.2 Å². The lowest BCUT2D eigenvalue weighted by molar-refractivity contribution is 0.0943. The van der Waals surface area contributed by atoms with Crippen LogP contribution in [0.1, 0.15) is 34.5 Å². The highest BCUT2D eigenvalue weighted by Gasteiger charge is 2.18. The van der Waals surface area contributed by atoms with Gasteiger partial charge < -0.3 is 5.32 Å². The molecule has 2 N–H and O–H groups in total. The van der Waals surface area contributed by atoms with Crippen molar-refractivity contribution in [2.75, 3.05) is 6.54 Å². The van der Waals surface area contributed by atoms with Crippen LogP contribution in [-0.4, -0.2) is 20.9 Å². The van der Waals surface area contributed by atoms with Crippen LogP contribution >= 0.6 is 0 Å². The maximum Gasteiger partial charge on any atom is 0.252 e. The monoisotopic (exact) mass is 394 g/mol. The first-order valence-corrected chi connectivity index (χ1v) is 10.5. The van der Waals surface area contributed by atoms with Gasteiger partial charge in [-0.15, -0.1) is 0 Å². The van der Waals surface area contributed by atoms with Crippen molar-refractivity contribution >= 4 is 15.9 Å². The Morgan fingerprint density at radius 1 is 0.821 bits per heavy atom. The Bertz CT molecular complexity index is 979. The molecule has 0 radical (unpaired) electrons. The summed E-state index contributed by atoms with van der Waals surface area (Å²) in [4.78, 5) is 12.9. The average molecular weight is 394 g/mol. The minimum absolute atomic E-state index is 0.133. The number of sulfonamides is 1. The summed E-state index contributed by atoms with van der Waals surface area (Å²) in [5.41, 5.74) is 2.33. The zero-order valence-corrected chi connectivity index (χ0v) is 16.3. The van der Waals surface area contributed by atoms with Crippen LogP contribution < -0.4 is 10.0 Å². The number of rotatable bonds is 7. The van der Waals surface area contributed by atoms with Crippen molar-refractivity contribution in [3.05, 3.63) is 102 Å². The van der Waals surface area contributed by atoms with Gasteiger partial charge in [0.2, 0.25) is 10.0 Å². The largest absolute Gasteiger partial charge is 0.341 e. The van der Waals surface area contributed by atoms with Crippen LogP contribution in [0.3, 0.4) is 0 Å². The fraction of sp³-hybridized carbons (Fsp3) is 0.136. The van der Waals surface area contributed by atoms with Gasteiger partial charge in [-0.2, -0.15) is 0 Å². The second-order valence-electron chi connectivity index (χ2n) is 6.25. The molecule has 144 valence electrons. The van der Waals surface area contributed by atoms with Crippen molar-refractivity contribution in [1.82, 2.24) is 10.0 Å². The van der Waals surface area contributed by atoms with Crippen LogP contribution in [-0.2, 0) is 10.0 Å². The molecule has 3 rings (SSSR count). The molecule has 0 saturated heterocycles. The number of hydrogen-bond acceptors (Lipinski definition) is 3. The SMILES string of the molecule is CCNS(=O)(=O)c1ccc(C(=O)NC(c2ccccc2)c2ccccc2)cc1. The van der Waals surface area contributed by atoms with E-state index in [1.54, 1.807) is 6.92 Å². The Morgan fingerprint density at radius 3 is 1.79 bits per heavy atom. The lowest BCUT2D eigenvalue weighted by atomic mass is 9.98. The Labute approximate surface area is 165 Å². The first-order chi connectivity index (χ1) is 13.5. The number of carbonyl (C=O) groups excluding carboxylic acids is 1. The third kappa shape index (κ3) is 4.65. The summed E-state index contributed by atoms with van der Waals surface area (Å²) < 4.78 is 26.5. The topological polar surface area (TPSA) is 75.3 Å². The zero-order valence-electron chi connectivity index (χ0n) is 15.5. The molecule has 5 nitrogen and oxygen atoms in total. The van der Waals surface area contributed by atoms with Gasteiger partial charge in [-0.05, 0) is 35.4 Å². The van der Waals surface area contributed by atoms with E-state index in [0.717, 1.165) is 11.1 Å². The van der Waals surface area contributed by atoms with Crippen molar-refractivity contribution < 1.29 is 13.2 Å². The molecule has 0 spiro atoms. The highest BCUT2D eigenvalue weighted by atomic mass is 32.2. The van der Waals surface area contributed by atoms with Gasteiger partial charge in [-0.25, -0.2) is 13.1 Å². The highest BCUT2D eigenvalue weighted by Crippen LogP contribution is 2.22. The van der Waals surface area contributed by atoms with Gasteiger partial charge in [0.15, 0.2) is 0 Å². The summed E-state index contributed by atoms with van der Waals surface area (Å²) in [6, 6.07) is 25.0. The molecule has 6 heteroatoms. The third-order valence-corrected chi connectivity index (χ3v) is 5.86. The summed E-state index contributed by atoms with van der Waals surface area (Å²) in [6.45, 7) is 2.02. The smallest absolute Gasteiger partial charge is 0.252 e. The van der Waals surface area contributed by atoms with Crippen molar-refractivity contribution in [2.24, 2.45) is 0 Å². The Kier molecular flexibility index (Phi) is 6.23. The maximum atomic E-state index is 12.8. The molecule has 0 unspecified atom stereocenters. The Morgan fingerprint density at radius 2 is 1.32 bits per heavy atom. The van der Waals surface area contributed by atoms with E-state index in [0.29, 0.717) is 12.1 Å². The highest BCUT2D eigenvalue weighted by molar-refractivity contribution is 7.89. The predicted octanol–water partition coefficient (Wildman–Crippen LogP) is 3.50. The fourth-order valence-corrected chi connectivity index (χ4v) is 3.96. The van der Waals surface area contributed by atoms with E-state index in [-0.39, 0.29) is 16.8 Å². The molecular formula is C22H22N2O3S. The van der Waals surface area contributed by atoms with Crippen LogP contribution in [0.5, 0.6) is 0 Å². The normalized spacial score (nSPS) is 11.4. The summed E-state index contributed by atoms with van der Waals surface area (Å²) in [6.07, 6.45) is 0. The van der Waals surface area contributed by atoms with Gasteiger partial charge in [0, 0.05) is 12.1 Å².